The fraction of sp³-hybridized carbons (Fsp3) is 0.894. The summed E-state index contributed by atoms with van der Waals surface area (Å²) in [6, 6.07) is -1.01. The number of aliphatic hydroxyl groups excluding tert-OH is 4. The van der Waals surface area contributed by atoms with Crippen LogP contribution in [0.4, 0.5) is 0 Å². The first kappa shape index (κ1) is 51.8. The molecule has 6 heteroatoms. The van der Waals surface area contributed by atoms with Crippen molar-refractivity contribution >= 4 is 5.91 Å². The predicted octanol–water partition coefficient (Wildman–Crippen LogP) is 12.4. The Labute approximate surface area is 329 Å². The van der Waals surface area contributed by atoms with Crippen molar-refractivity contribution in [2.75, 3.05) is 6.61 Å². The second-order valence-corrected chi connectivity index (χ2v) is 16.1. The Morgan fingerprint density at radius 1 is 0.453 bits per heavy atom. The van der Waals surface area contributed by atoms with Crippen LogP contribution in [-0.2, 0) is 4.79 Å². The van der Waals surface area contributed by atoms with E-state index in [1.165, 1.54) is 173 Å². The van der Waals surface area contributed by atoms with E-state index in [9.17, 15) is 25.2 Å². The van der Waals surface area contributed by atoms with Gasteiger partial charge in [0.25, 0.3) is 0 Å². The Morgan fingerprint density at radius 3 is 1.15 bits per heavy atom. The van der Waals surface area contributed by atoms with Gasteiger partial charge >= 0.3 is 0 Å². The maximum Gasteiger partial charge on any atom is 0.249 e. The molecule has 0 saturated carbocycles. The predicted molar refractivity (Wildman–Crippen MR) is 228 cm³/mol. The smallest absolute Gasteiger partial charge is 0.249 e. The molecular formula is C47H91NO5. The van der Waals surface area contributed by atoms with Gasteiger partial charge in [-0.05, 0) is 57.8 Å². The van der Waals surface area contributed by atoms with Crippen molar-refractivity contribution in [2.45, 2.75) is 263 Å². The Kier molecular flexibility index (Phi) is 41.0. The SMILES string of the molecule is CCCCCC/C=C\CCC(O)C(=O)NC(CO)C(O)C(O)CCC/C=C/CCCCCCCCCCCCCCCCCCCCCCCCCC. The topological polar surface area (TPSA) is 110 Å². The largest absolute Gasteiger partial charge is 0.394 e. The number of nitrogens with one attached hydrogen (secondary N) is 1. The Bertz CT molecular complexity index is 802. The fourth-order valence-electron chi connectivity index (χ4n) is 7.17. The first-order valence-electron chi connectivity index (χ1n) is 23.2. The number of rotatable bonds is 42. The van der Waals surface area contributed by atoms with Gasteiger partial charge in [-0.25, -0.2) is 0 Å². The molecule has 0 radical (unpaired) electrons. The third-order valence-electron chi connectivity index (χ3n) is 10.9. The third kappa shape index (κ3) is 36.2. The fourth-order valence-corrected chi connectivity index (χ4v) is 7.17. The van der Waals surface area contributed by atoms with Crippen LogP contribution in [0.5, 0.6) is 0 Å². The molecule has 0 heterocycles. The van der Waals surface area contributed by atoms with Gasteiger partial charge in [0.2, 0.25) is 5.91 Å². The lowest BCUT2D eigenvalue weighted by Crippen LogP contribution is -2.53. The molecule has 0 aromatic rings. The van der Waals surface area contributed by atoms with Crippen molar-refractivity contribution in [1.82, 2.24) is 5.32 Å². The van der Waals surface area contributed by atoms with Crippen LogP contribution in [0.3, 0.4) is 0 Å². The zero-order valence-electron chi connectivity index (χ0n) is 35.3. The van der Waals surface area contributed by atoms with Gasteiger partial charge in [-0.1, -0.05) is 205 Å². The van der Waals surface area contributed by atoms with Gasteiger partial charge in [0.05, 0.1) is 18.8 Å². The normalized spacial score (nSPS) is 14.3. The highest BCUT2D eigenvalue weighted by molar-refractivity contribution is 5.80. The van der Waals surface area contributed by atoms with Gasteiger partial charge in [-0.3, -0.25) is 4.79 Å². The molecule has 0 spiro atoms. The summed E-state index contributed by atoms with van der Waals surface area (Å²) < 4.78 is 0. The summed E-state index contributed by atoms with van der Waals surface area (Å²) in [6.07, 6.45) is 48.4. The van der Waals surface area contributed by atoms with Gasteiger partial charge in [0, 0.05) is 0 Å². The summed E-state index contributed by atoms with van der Waals surface area (Å²) in [5.74, 6) is -0.629. The molecule has 5 N–H and O–H groups in total. The average molecular weight is 750 g/mol. The third-order valence-corrected chi connectivity index (χ3v) is 10.9. The highest BCUT2D eigenvalue weighted by Gasteiger charge is 2.28. The molecule has 0 aliphatic rings. The molecule has 0 aliphatic heterocycles. The summed E-state index contributed by atoms with van der Waals surface area (Å²) in [5.41, 5.74) is 0. The quantitative estimate of drug-likeness (QED) is 0.0315. The molecule has 4 atom stereocenters. The van der Waals surface area contributed by atoms with Crippen LogP contribution in [0.25, 0.3) is 0 Å². The molecule has 0 saturated heterocycles. The van der Waals surface area contributed by atoms with Crippen LogP contribution >= 0.6 is 0 Å². The number of amides is 1. The first-order chi connectivity index (χ1) is 26.0. The molecule has 0 fully saturated rings. The minimum atomic E-state index is -1.29. The molecule has 0 aromatic carbocycles. The number of carbonyl (C=O) groups excluding carboxylic acids is 1. The second-order valence-electron chi connectivity index (χ2n) is 16.1. The van der Waals surface area contributed by atoms with E-state index >= 15 is 0 Å². The molecule has 4 unspecified atom stereocenters. The standard InChI is InChI=1S/C47H91NO5/c1-3-5-7-9-11-13-14-15-16-17-18-19-20-21-22-23-24-25-26-27-28-29-30-31-32-33-35-36-38-40-44(50)46(52)43(42-49)48-47(53)45(51)41-39-37-34-12-10-8-6-4-2/h33-35,37,43-46,49-52H,3-32,36,38-42H2,1-2H3,(H,48,53)/b35-33+,37-34-. The molecule has 0 rings (SSSR count). The van der Waals surface area contributed by atoms with Crippen LogP contribution in [0.15, 0.2) is 24.3 Å². The number of hydrogen-bond donors (Lipinski definition) is 5. The second kappa shape index (κ2) is 41.9. The summed E-state index contributed by atoms with van der Waals surface area (Å²) >= 11 is 0. The van der Waals surface area contributed by atoms with E-state index in [2.05, 4.69) is 37.4 Å². The molecule has 53 heavy (non-hydrogen) atoms. The maximum absolute atomic E-state index is 12.4. The Hall–Kier alpha value is -1.21. The van der Waals surface area contributed by atoms with Crippen molar-refractivity contribution in [2.24, 2.45) is 0 Å². The Morgan fingerprint density at radius 2 is 0.774 bits per heavy atom. The number of allylic oxidation sites excluding steroid dienone is 4. The molecule has 0 aromatic heterocycles. The van der Waals surface area contributed by atoms with Gasteiger partial charge < -0.3 is 25.7 Å². The van der Waals surface area contributed by atoms with E-state index in [1.54, 1.807) is 0 Å². The first-order valence-corrected chi connectivity index (χ1v) is 23.2. The molecule has 0 aliphatic carbocycles. The number of carbonyl (C=O) groups is 1. The van der Waals surface area contributed by atoms with Crippen molar-refractivity contribution in [3.63, 3.8) is 0 Å². The highest BCUT2D eigenvalue weighted by Crippen LogP contribution is 2.16. The van der Waals surface area contributed by atoms with Gasteiger partial charge in [0.1, 0.15) is 12.2 Å². The molecule has 1 amide bonds. The lowest BCUT2D eigenvalue weighted by atomic mass is 10.00. The number of hydrogen-bond acceptors (Lipinski definition) is 5. The monoisotopic (exact) mass is 750 g/mol. The average Bonchev–Trinajstić information content (AvgIpc) is 3.16. The van der Waals surface area contributed by atoms with E-state index in [0.29, 0.717) is 19.3 Å². The van der Waals surface area contributed by atoms with E-state index in [4.69, 9.17) is 0 Å². The van der Waals surface area contributed by atoms with Crippen molar-refractivity contribution in [1.29, 1.82) is 0 Å². The minimum absolute atomic E-state index is 0.278. The van der Waals surface area contributed by atoms with Gasteiger partial charge in [-0.2, -0.15) is 0 Å². The zero-order valence-corrected chi connectivity index (χ0v) is 35.3. The Balaban J connectivity index is 3.60. The molecular weight excluding hydrogens is 659 g/mol. The lowest BCUT2D eigenvalue weighted by Gasteiger charge is -2.27. The summed E-state index contributed by atoms with van der Waals surface area (Å²) in [6.45, 7) is 3.97. The van der Waals surface area contributed by atoms with Crippen LogP contribution < -0.4 is 5.32 Å². The molecule has 6 nitrogen and oxygen atoms in total. The summed E-state index contributed by atoms with van der Waals surface area (Å²) in [5, 5.41) is 43.4. The lowest BCUT2D eigenvalue weighted by molar-refractivity contribution is -0.132. The number of unbranched alkanes of at least 4 members (excludes halogenated alkanes) is 29. The van der Waals surface area contributed by atoms with E-state index in [-0.39, 0.29) is 6.42 Å². The van der Waals surface area contributed by atoms with Crippen molar-refractivity contribution in [3.8, 4) is 0 Å². The molecule has 314 valence electrons. The summed E-state index contributed by atoms with van der Waals surface area (Å²) in [7, 11) is 0. The van der Waals surface area contributed by atoms with E-state index in [0.717, 1.165) is 25.7 Å². The minimum Gasteiger partial charge on any atom is -0.394 e. The van der Waals surface area contributed by atoms with Crippen LogP contribution in [0.2, 0.25) is 0 Å². The van der Waals surface area contributed by atoms with E-state index in [1.807, 2.05) is 6.08 Å². The highest BCUT2D eigenvalue weighted by atomic mass is 16.3. The van der Waals surface area contributed by atoms with Gasteiger partial charge in [0.15, 0.2) is 0 Å². The zero-order chi connectivity index (χ0) is 38.9. The van der Waals surface area contributed by atoms with Crippen LogP contribution in [-0.4, -0.2) is 57.3 Å². The maximum atomic E-state index is 12.4. The molecule has 0 bridgehead atoms. The van der Waals surface area contributed by atoms with Crippen molar-refractivity contribution < 1.29 is 25.2 Å². The number of aliphatic hydroxyl groups is 4. The van der Waals surface area contributed by atoms with Crippen molar-refractivity contribution in [3.05, 3.63) is 24.3 Å². The van der Waals surface area contributed by atoms with E-state index < -0.39 is 36.9 Å². The van der Waals surface area contributed by atoms with Gasteiger partial charge in [-0.15, -0.1) is 0 Å². The summed E-state index contributed by atoms with van der Waals surface area (Å²) in [4.78, 5) is 12.4. The van der Waals surface area contributed by atoms with Crippen LogP contribution in [0, 0.1) is 0 Å². The van der Waals surface area contributed by atoms with Crippen LogP contribution in [0.1, 0.15) is 239 Å².